The lowest BCUT2D eigenvalue weighted by atomic mass is 9.87. The highest BCUT2D eigenvalue weighted by atomic mass is 16.3. The van der Waals surface area contributed by atoms with Gasteiger partial charge in [-0.1, -0.05) is 158 Å². The summed E-state index contributed by atoms with van der Waals surface area (Å²) in [6.45, 7) is 0. The lowest BCUT2D eigenvalue weighted by molar-refractivity contribution is 0.668. The van der Waals surface area contributed by atoms with Gasteiger partial charge < -0.3 is 13.7 Å². The molecule has 3 heteroatoms. The SMILES string of the molecule is c1ccc(-c2ccccc2-c2c(-c3ccccc3)cccc2N(c2ccc(-c3cccc4oc5ccccc5c34)cc2)c2ccc3oc4ccccc4c3c2)cc1. The predicted molar refractivity (Wildman–Crippen MR) is 237 cm³/mol. The monoisotopic (exact) mass is 729 g/mol. The minimum atomic E-state index is 0.864. The van der Waals surface area contributed by atoms with E-state index in [1.807, 2.05) is 24.3 Å². The first-order valence-corrected chi connectivity index (χ1v) is 19.3. The molecule has 0 saturated carbocycles. The fraction of sp³-hybridized carbons (Fsp3) is 0. The van der Waals surface area contributed by atoms with E-state index in [0.717, 1.165) is 94.3 Å². The van der Waals surface area contributed by atoms with Gasteiger partial charge in [-0.15, -0.1) is 0 Å². The molecular weight excluding hydrogens is 695 g/mol. The van der Waals surface area contributed by atoms with Gasteiger partial charge >= 0.3 is 0 Å². The van der Waals surface area contributed by atoms with Crippen LogP contribution in [0.3, 0.4) is 0 Å². The molecule has 2 aromatic heterocycles. The standard InChI is InChI=1S/C54H35NO2/c1-3-15-36(16-4-1)41-19-7-8-21-45(41)53-42(37-17-5-2-6-18-37)23-13-25-48(53)55(40-33-34-51-47(35-40)44-20-9-11-26-49(44)56-51)39-31-29-38(30-32-39)43-24-14-28-52-54(43)46-22-10-12-27-50(46)57-52/h1-35H. The molecule has 9 aromatic carbocycles. The third kappa shape index (κ3) is 5.60. The van der Waals surface area contributed by atoms with Gasteiger partial charge in [-0.3, -0.25) is 0 Å². The molecule has 2 heterocycles. The molecule has 0 unspecified atom stereocenters. The van der Waals surface area contributed by atoms with Gasteiger partial charge in [0.05, 0.1) is 5.69 Å². The molecule has 268 valence electrons. The number of anilines is 3. The molecule has 0 aliphatic carbocycles. The smallest absolute Gasteiger partial charge is 0.136 e. The van der Waals surface area contributed by atoms with Crippen molar-refractivity contribution in [3.8, 4) is 44.5 Å². The normalized spacial score (nSPS) is 11.5. The van der Waals surface area contributed by atoms with E-state index in [1.54, 1.807) is 0 Å². The molecule has 57 heavy (non-hydrogen) atoms. The van der Waals surface area contributed by atoms with Crippen molar-refractivity contribution in [2.45, 2.75) is 0 Å². The lowest BCUT2D eigenvalue weighted by Gasteiger charge is -2.30. The summed E-state index contributed by atoms with van der Waals surface area (Å²) in [5.74, 6) is 0. The molecule has 0 saturated heterocycles. The van der Waals surface area contributed by atoms with Crippen LogP contribution >= 0.6 is 0 Å². The molecular formula is C54H35NO2. The Morgan fingerprint density at radius 1 is 0.298 bits per heavy atom. The average Bonchev–Trinajstić information content (AvgIpc) is 3.86. The van der Waals surface area contributed by atoms with Crippen molar-refractivity contribution in [1.82, 2.24) is 0 Å². The van der Waals surface area contributed by atoms with Gasteiger partial charge in [0.2, 0.25) is 0 Å². The Labute approximate surface area is 330 Å². The molecule has 0 spiro atoms. The highest BCUT2D eigenvalue weighted by Gasteiger charge is 2.24. The molecule has 11 aromatic rings. The zero-order valence-electron chi connectivity index (χ0n) is 31.0. The Kier molecular flexibility index (Phi) is 7.82. The van der Waals surface area contributed by atoms with Crippen LogP contribution in [-0.4, -0.2) is 0 Å². The summed E-state index contributed by atoms with van der Waals surface area (Å²) in [5, 5.41) is 4.42. The summed E-state index contributed by atoms with van der Waals surface area (Å²) in [7, 11) is 0. The van der Waals surface area contributed by atoms with Gasteiger partial charge in [-0.25, -0.2) is 0 Å². The molecule has 0 radical (unpaired) electrons. The Morgan fingerprint density at radius 2 is 0.807 bits per heavy atom. The minimum absolute atomic E-state index is 0.864. The fourth-order valence-corrected chi connectivity index (χ4v) is 8.52. The number of benzene rings is 9. The van der Waals surface area contributed by atoms with Crippen LogP contribution in [0.4, 0.5) is 17.1 Å². The topological polar surface area (TPSA) is 29.5 Å². The highest BCUT2D eigenvalue weighted by molar-refractivity contribution is 6.13. The summed E-state index contributed by atoms with van der Waals surface area (Å²) < 4.78 is 12.6. The van der Waals surface area contributed by atoms with E-state index >= 15 is 0 Å². The van der Waals surface area contributed by atoms with Crippen molar-refractivity contribution in [2.75, 3.05) is 4.90 Å². The molecule has 11 rings (SSSR count). The molecule has 0 amide bonds. The molecule has 0 N–H and O–H groups in total. The van der Waals surface area contributed by atoms with Crippen molar-refractivity contribution < 1.29 is 8.83 Å². The molecule has 0 bridgehead atoms. The van der Waals surface area contributed by atoms with Gasteiger partial charge in [0.25, 0.3) is 0 Å². The Bertz CT molecular complexity index is 3230. The van der Waals surface area contributed by atoms with E-state index in [9.17, 15) is 0 Å². The molecule has 0 fully saturated rings. The van der Waals surface area contributed by atoms with Crippen molar-refractivity contribution in [2.24, 2.45) is 0 Å². The molecule has 0 atom stereocenters. The number of fused-ring (bicyclic) bond motifs is 6. The van der Waals surface area contributed by atoms with E-state index in [0.29, 0.717) is 0 Å². The van der Waals surface area contributed by atoms with E-state index in [2.05, 4.69) is 193 Å². The fourth-order valence-electron chi connectivity index (χ4n) is 8.52. The van der Waals surface area contributed by atoms with Crippen molar-refractivity contribution in [3.63, 3.8) is 0 Å². The van der Waals surface area contributed by atoms with Crippen molar-refractivity contribution >= 4 is 60.9 Å². The van der Waals surface area contributed by atoms with E-state index in [1.165, 1.54) is 11.1 Å². The van der Waals surface area contributed by atoms with Crippen LogP contribution in [0, 0.1) is 0 Å². The van der Waals surface area contributed by atoms with Gasteiger partial charge in [-0.05, 0) is 93.5 Å². The van der Waals surface area contributed by atoms with Gasteiger partial charge in [0.1, 0.15) is 22.3 Å². The largest absolute Gasteiger partial charge is 0.456 e. The van der Waals surface area contributed by atoms with Crippen molar-refractivity contribution in [1.29, 1.82) is 0 Å². The van der Waals surface area contributed by atoms with Gasteiger partial charge in [0.15, 0.2) is 0 Å². The second-order valence-corrected chi connectivity index (χ2v) is 14.4. The van der Waals surface area contributed by atoms with Gasteiger partial charge in [0, 0.05) is 38.5 Å². The first-order valence-electron chi connectivity index (χ1n) is 19.3. The number of para-hydroxylation sites is 2. The maximum Gasteiger partial charge on any atom is 0.136 e. The lowest BCUT2D eigenvalue weighted by Crippen LogP contribution is -2.12. The van der Waals surface area contributed by atoms with Crippen LogP contribution in [0.2, 0.25) is 0 Å². The number of hydrogen-bond donors (Lipinski definition) is 0. The van der Waals surface area contributed by atoms with Crippen LogP contribution in [0.15, 0.2) is 221 Å². The summed E-state index contributed by atoms with van der Waals surface area (Å²) in [6, 6.07) is 75.3. The summed E-state index contributed by atoms with van der Waals surface area (Å²) in [5.41, 5.74) is 15.9. The number of hydrogen-bond acceptors (Lipinski definition) is 3. The zero-order chi connectivity index (χ0) is 37.7. The molecule has 0 aliphatic heterocycles. The summed E-state index contributed by atoms with van der Waals surface area (Å²) >= 11 is 0. The van der Waals surface area contributed by atoms with Crippen LogP contribution < -0.4 is 4.90 Å². The van der Waals surface area contributed by atoms with Crippen LogP contribution in [0.5, 0.6) is 0 Å². The number of nitrogens with zero attached hydrogens (tertiary/aromatic N) is 1. The third-order valence-electron chi connectivity index (χ3n) is 11.1. The maximum atomic E-state index is 6.33. The highest BCUT2D eigenvalue weighted by Crippen LogP contribution is 2.49. The Balaban J connectivity index is 1.17. The minimum Gasteiger partial charge on any atom is -0.456 e. The maximum absolute atomic E-state index is 6.33. The summed E-state index contributed by atoms with van der Waals surface area (Å²) in [6.07, 6.45) is 0. The second-order valence-electron chi connectivity index (χ2n) is 14.4. The van der Waals surface area contributed by atoms with E-state index in [4.69, 9.17) is 8.83 Å². The summed E-state index contributed by atoms with van der Waals surface area (Å²) in [4.78, 5) is 2.41. The first-order chi connectivity index (χ1) is 28.3. The zero-order valence-corrected chi connectivity index (χ0v) is 31.0. The quantitative estimate of drug-likeness (QED) is 0.164. The van der Waals surface area contributed by atoms with Gasteiger partial charge in [-0.2, -0.15) is 0 Å². The van der Waals surface area contributed by atoms with Crippen LogP contribution in [0.25, 0.3) is 88.4 Å². The predicted octanol–water partition coefficient (Wildman–Crippen LogP) is 15.6. The van der Waals surface area contributed by atoms with Crippen molar-refractivity contribution in [3.05, 3.63) is 212 Å². The third-order valence-corrected chi connectivity index (χ3v) is 11.1. The van der Waals surface area contributed by atoms with E-state index < -0.39 is 0 Å². The number of rotatable bonds is 7. The average molecular weight is 730 g/mol. The molecule has 3 nitrogen and oxygen atoms in total. The Hall–Kier alpha value is -7.62. The molecule has 0 aliphatic rings. The van der Waals surface area contributed by atoms with Crippen LogP contribution in [-0.2, 0) is 0 Å². The second kappa shape index (κ2) is 13.6. The number of furan rings is 2. The Morgan fingerprint density at radius 3 is 1.58 bits per heavy atom. The van der Waals surface area contributed by atoms with E-state index in [-0.39, 0.29) is 0 Å². The van der Waals surface area contributed by atoms with Crippen LogP contribution in [0.1, 0.15) is 0 Å². The first kappa shape index (κ1) is 32.8.